The summed E-state index contributed by atoms with van der Waals surface area (Å²) >= 11 is 7.33. The van der Waals surface area contributed by atoms with E-state index in [9.17, 15) is 14.7 Å². The molecule has 2 heterocycles. The highest BCUT2D eigenvalue weighted by molar-refractivity contribution is 7.99. The van der Waals surface area contributed by atoms with Gasteiger partial charge in [0.2, 0.25) is 0 Å². The molecule has 180 valence electrons. The summed E-state index contributed by atoms with van der Waals surface area (Å²) in [6, 6.07) is 12.4. The Hall–Kier alpha value is -3.30. The zero-order chi connectivity index (χ0) is 24.5. The number of H-pyrrole nitrogens is 1. The van der Waals surface area contributed by atoms with Crippen LogP contribution >= 0.6 is 23.4 Å². The number of aliphatic hydroxyl groups is 1. The number of aliphatic hydroxyl groups excluding tert-OH is 1. The van der Waals surface area contributed by atoms with Crippen molar-refractivity contribution in [3.8, 4) is 0 Å². The van der Waals surface area contributed by atoms with E-state index in [1.54, 1.807) is 28.8 Å². The molecule has 1 saturated carbocycles. The van der Waals surface area contributed by atoms with Crippen molar-refractivity contribution in [1.29, 1.82) is 0 Å². The molecule has 4 aromatic rings. The number of imidazole rings is 1. The van der Waals surface area contributed by atoms with E-state index in [-0.39, 0.29) is 34.5 Å². The van der Waals surface area contributed by atoms with Crippen LogP contribution in [0.4, 0.5) is 0 Å². The van der Waals surface area contributed by atoms with E-state index in [4.69, 9.17) is 21.3 Å². The maximum Gasteiger partial charge on any atom is 0.345 e. The van der Waals surface area contributed by atoms with Crippen LogP contribution in [0.1, 0.15) is 37.5 Å². The molecule has 2 aromatic heterocycles. The van der Waals surface area contributed by atoms with Gasteiger partial charge in [-0.05, 0) is 43.2 Å². The minimum absolute atomic E-state index is 0.00723. The highest BCUT2D eigenvalue weighted by Gasteiger charge is 2.25. The molecular formula is C25H23ClN4O4S. The fourth-order valence-electron chi connectivity index (χ4n) is 4.47. The number of fused-ring (bicyclic) bond motifs is 2. The molecule has 2 N–H and O–H groups in total. The molecule has 35 heavy (non-hydrogen) atoms. The van der Waals surface area contributed by atoms with Gasteiger partial charge in [0.15, 0.2) is 5.16 Å². The van der Waals surface area contributed by atoms with E-state index in [2.05, 4.69) is 9.97 Å². The number of rotatable bonds is 6. The molecule has 0 aliphatic heterocycles. The van der Waals surface area contributed by atoms with Gasteiger partial charge in [-0.1, -0.05) is 48.3 Å². The van der Waals surface area contributed by atoms with Gasteiger partial charge in [0.1, 0.15) is 17.2 Å². The number of methoxy groups -OCH3 is 1. The lowest BCUT2D eigenvalue weighted by molar-refractivity contribution is -0.133. The van der Waals surface area contributed by atoms with Gasteiger partial charge in [-0.3, -0.25) is 9.36 Å². The zero-order valence-corrected chi connectivity index (χ0v) is 20.5. The Balaban J connectivity index is 1.56. The molecule has 0 atom stereocenters. The second kappa shape index (κ2) is 9.75. The van der Waals surface area contributed by atoms with Gasteiger partial charge in [0.05, 0.1) is 34.8 Å². The molecule has 0 amide bonds. The third kappa shape index (κ3) is 4.53. The van der Waals surface area contributed by atoms with E-state index in [1.165, 1.54) is 18.9 Å². The summed E-state index contributed by atoms with van der Waals surface area (Å²) < 4.78 is 6.64. The van der Waals surface area contributed by atoms with Crippen molar-refractivity contribution in [3.05, 3.63) is 69.4 Å². The zero-order valence-electron chi connectivity index (χ0n) is 19.0. The summed E-state index contributed by atoms with van der Waals surface area (Å²) in [6.07, 6.45) is 3.87. The van der Waals surface area contributed by atoms with E-state index >= 15 is 0 Å². The molecule has 0 bridgehead atoms. The first kappa shape index (κ1) is 23.4. The van der Waals surface area contributed by atoms with E-state index < -0.39 is 5.97 Å². The van der Waals surface area contributed by atoms with Crippen LogP contribution < -0.4 is 5.56 Å². The third-order valence-corrected chi connectivity index (χ3v) is 7.36. The van der Waals surface area contributed by atoms with Gasteiger partial charge in [0, 0.05) is 11.1 Å². The van der Waals surface area contributed by atoms with E-state index in [0.29, 0.717) is 26.6 Å². The molecule has 2 aromatic carbocycles. The van der Waals surface area contributed by atoms with Crippen molar-refractivity contribution in [2.24, 2.45) is 0 Å². The number of aromatic amines is 1. The third-order valence-electron chi connectivity index (χ3n) is 6.16. The molecule has 1 aliphatic carbocycles. The molecule has 1 aliphatic rings. The van der Waals surface area contributed by atoms with Crippen molar-refractivity contribution in [2.75, 3.05) is 12.9 Å². The minimum Gasteiger partial charge on any atom is -0.510 e. The van der Waals surface area contributed by atoms with Gasteiger partial charge in [-0.25, -0.2) is 14.8 Å². The molecule has 0 saturated heterocycles. The maximum absolute atomic E-state index is 13.4. The number of nitrogens with one attached hydrogen (secondary N) is 1. The summed E-state index contributed by atoms with van der Waals surface area (Å²) in [7, 11) is 1.25. The van der Waals surface area contributed by atoms with Crippen molar-refractivity contribution >= 4 is 56.8 Å². The summed E-state index contributed by atoms with van der Waals surface area (Å²) in [5.74, 6) is -0.734. The predicted octanol–water partition coefficient (Wildman–Crippen LogP) is 5.28. The lowest BCUT2D eigenvalue weighted by Gasteiger charge is -2.18. The molecule has 10 heteroatoms. The Morgan fingerprint density at radius 2 is 1.97 bits per heavy atom. The predicted molar refractivity (Wildman–Crippen MR) is 137 cm³/mol. The first-order valence-electron chi connectivity index (χ1n) is 11.3. The number of halogens is 1. The number of para-hydroxylation sites is 2. The SMILES string of the molecule is COC(=O)/C(=C(\O)CSc1nc2cc(Cl)ccc2c(=O)n1C1CCCC1)c1nc2ccccc2[nH]1. The number of carbonyl (C=O) groups excluding carboxylic acids is 1. The second-order valence-corrected chi connectivity index (χ2v) is 9.75. The molecule has 0 unspecified atom stereocenters. The first-order valence-corrected chi connectivity index (χ1v) is 12.6. The summed E-state index contributed by atoms with van der Waals surface area (Å²) in [5, 5.41) is 12.5. The van der Waals surface area contributed by atoms with Crippen molar-refractivity contribution < 1.29 is 14.6 Å². The largest absolute Gasteiger partial charge is 0.510 e. The Morgan fingerprint density at radius 1 is 1.20 bits per heavy atom. The molecule has 1 fully saturated rings. The number of hydrogen-bond acceptors (Lipinski definition) is 7. The summed E-state index contributed by atoms with van der Waals surface area (Å²) in [6.45, 7) is 0. The topological polar surface area (TPSA) is 110 Å². The lowest BCUT2D eigenvalue weighted by Crippen LogP contribution is -2.26. The number of carbonyl (C=O) groups is 1. The molecule has 8 nitrogen and oxygen atoms in total. The van der Waals surface area contributed by atoms with Crippen LogP contribution in [0.15, 0.2) is 58.2 Å². The standard InChI is InChI=1S/C25H23ClN4O4S/c1-34-24(33)21(22-27-17-8-4-5-9-18(17)28-22)20(31)13-35-25-29-19-12-14(26)10-11-16(19)23(32)30(25)15-6-2-3-7-15/h4-5,8-12,15,31H,2-3,6-7,13H2,1H3,(H,27,28)/b21-20-. The maximum atomic E-state index is 13.4. The molecule has 0 spiro atoms. The van der Waals surface area contributed by atoms with Crippen LogP contribution in [0.2, 0.25) is 5.02 Å². The quantitative estimate of drug-likeness (QED) is 0.119. The number of aromatic nitrogens is 4. The average Bonchev–Trinajstić information content (AvgIpc) is 3.52. The number of esters is 1. The number of hydrogen-bond donors (Lipinski definition) is 2. The van der Waals surface area contributed by atoms with Gasteiger partial charge in [-0.15, -0.1) is 0 Å². The summed E-state index contributed by atoms with van der Waals surface area (Å²) in [4.78, 5) is 38.2. The number of nitrogens with zero attached hydrogens (tertiary/aromatic N) is 3. The summed E-state index contributed by atoms with van der Waals surface area (Å²) in [5.41, 5.74) is 1.69. The van der Waals surface area contributed by atoms with E-state index in [1.807, 2.05) is 18.2 Å². The smallest absolute Gasteiger partial charge is 0.345 e. The number of ether oxygens (including phenoxy) is 1. The fourth-order valence-corrected chi connectivity index (χ4v) is 5.58. The van der Waals surface area contributed by atoms with Gasteiger partial charge in [0.25, 0.3) is 5.56 Å². The molecule has 0 radical (unpaired) electrons. The van der Waals surface area contributed by atoms with Crippen LogP contribution in [-0.4, -0.2) is 43.5 Å². The van der Waals surface area contributed by atoms with Crippen molar-refractivity contribution in [3.63, 3.8) is 0 Å². The lowest BCUT2D eigenvalue weighted by atomic mass is 10.2. The second-order valence-electron chi connectivity index (χ2n) is 8.37. The van der Waals surface area contributed by atoms with Crippen LogP contribution in [-0.2, 0) is 9.53 Å². The highest BCUT2D eigenvalue weighted by atomic mass is 35.5. The fraction of sp³-hybridized carbons (Fsp3) is 0.280. The van der Waals surface area contributed by atoms with Crippen LogP contribution in [0.25, 0.3) is 27.5 Å². The van der Waals surface area contributed by atoms with Crippen LogP contribution in [0.5, 0.6) is 0 Å². The monoisotopic (exact) mass is 510 g/mol. The molecular weight excluding hydrogens is 488 g/mol. The van der Waals surface area contributed by atoms with Crippen molar-refractivity contribution in [1.82, 2.24) is 19.5 Å². The Kier molecular flexibility index (Phi) is 6.53. The Labute approximate surface area is 210 Å². The van der Waals surface area contributed by atoms with Gasteiger partial charge < -0.3 is 14.8 Å². The Morgan fingerprint density at radius 3 is 2.71 bits per heavy atom. The van der Waals surface area contributed by atoms with E-state index in [0.717, 1.165) is 31.2 Å². The average molecular weight is 511 g/mol. The van der Waals surface area contributed by atoms with Crippen LogP contribution in [0.3, 0.4) is 0 Å². The first-order chi connectivity index (χ1) is 17.0. The molecule has 5 rings (SSSR count). The minimum atomic E-state index is -0.714. The van der Waals surface area contributed by atoms with Gasteiger partial charge >= 0.3 is 5.97 Å². The van der Waals surface area contributed by atoms with Crippen molar-refractivity contribution in [2.45, 2.75) is 36.9 Å². The number of thioether (sulfide) groups is 1. The van der Waals surface area contributed by atoms with Gasteiger partial charge in [-0.2, -0.15) is 0 Å². The Bertz CT molecular complexity index is 1490. The van der Waals surface area contributed by atoms with Crippen LogP contribution in [0, 0.1) is 0 Å². The number of benzene rings is 2. The normalized spacial score (nSPS) is 15.0. The highest BCUT2D eigenvalue weighted by Crippen LogP contribution is 2.33.